The zero-order valence-electron chi connectivity index (χ0n) is 10.3. The van der Waals surface area contributed by atoms with E-state index in [1.165, 1.54) is 12.1 Å². The molecule has 0 saturated carbocycles. The van der Waals surface area contributed by atoms with Crippen molar-refractivity contribution in [2.75, 3.05) is 11.5 Å². The molecule has 0 bridgehead atoms. The standard InChI is InChI=1S/C12H14Cl2FNO2S/c1-7(16-8-2-3-19(17,18)6-8)9-4-12(15)11(14)5-10(9)13/h4-5,7-8,16H,2-3,6H2,1H3. The molecule has 0 aromatic heterocycles. The summed E-state index contributed by atoms with van der Waals surface area (Å²) in [5, 5.41) is 3.51. The van der Waals surface area contributed by atoms with Crippen LogP contribution in [-0.4, -0.2) is 26.0 Å². The van der Waals surface area contributed by atoms with Crippen LogP contribution >= 0.6 is 23.2 Å². The summed E-state index contributed by atoms with van der Waals surface area (Å²) in [5.41, 5.74) is 0.577. The van der Waals surface area contributed by atoms with Crippen molar-refractivity contribution in [3.8, 4) is 0 Å². The number of hydrogen-bond acceptors (Lipinski definition) is 3. The molecular formula is C12H14Cl2FNO2S. The molecule has 3 nitrogen and oxygen atoms in total. The highest BCUT2D eigenvalue weighted by Gasteiger charge is 2.29. The van der Waals surface area contributed by atoms with Crippen LogP contribution in [0.2, 0.25) is 10.0 Å². The van der Waals surface area contributed by atoms with Gasteiger partial charge >= 0.3 is 0 Å². The maximum Gasteiger partial charge on any atom is 0.151 e. The Morgan fingerprint density at radius 2 is 2.05 bits per heavy atom. The monoisotopic (exact) mass is 325 g/mol. The van der Waals surface area contributed by atoms with Crippen molar-refractivity contribution in [3.05, 3.63) is 33.6 Å². The molecule has 7 heteroatoms. The van der Waals surface area contributed by atoms with Gasteiger partial charge in [-0.05, 0) is 31.0 Å². The normalized spacial score (nSPS) is 23.5. The summed E-state index contributed by atoms with van der Waals surface area (Å²) in [4.78, 5) is 0. The van der Waals surface area contributed by atoms with Crippen LogP contribution in [0.5, 0.6) is 0 Å². The second kappa shape index (κ2) is 5.56. The van der Waals surface area contributed by atoms with Gasteiger partial charge < -0.3 is 5.32 Å². The topological polar surface area (TPSA) is 46.2 Å². The fourth-order valence-electron chi connectivity index (χ4n) is 2.24. The van der Waals surface area contributed by atoms with Crippen molar-refractivity contribution < 1.29 is 12.8 Å². The van der Waals surface area contributed by atoms with Crippen LogP contribution in [0, 0.1) is 5.82 Å². The lowest BCUT2D eigenvalue weighted by Crippen LogP contribution is -2.32. The summed E-state index contributed by atoms with van der Waals surface area (Å²) in [5.74, 6) is -0.223. The van der Waals surface area contributed by atoms with Crippen LogP contribution in [0.3, 0.4) is 0 Å². The van der Waals surface area contributed by atoms with Gasteiger partial charge in [-0.1, -0.05) is 23.2 Å². The van der Waals surface area contributed by atoms with Crippen LogP contribution in [0.25, 0.3) is 0 Å². The predicted molar refractivity (Wildman–Crippen MR) is 75.0 cm³/mol. The van der Waals surface area contributed by atoms with Crippen molar-refractivity contribution >= 4 is 33.0 Å². The molecule has 0 amide bonds. The lowest BCUT2D eigenvalue weighted by atomic mass is 10.1. The first kappa shape index (κ1) is 15.0. The molecule has 1 fully saturated rings. The third-order valence-electron chi connectivity index (χ3n) is 3.22. The first-order valence-corrected chi connectivity index (χ1v) is 8.47. The molecule has 1 aliphatic heterocycles. The molecule has 1 aromatic rings. The van der Waals surface area contributed by atoms with Gasteiger partial charge in [-0.2, -0.15) is 0 Å². The molecule has 2 unspecified atom stereocenters. The highest BCUT2D eigenvalue weighted by Crippen LogP contribution is 2.29. The minimum absolute atomic E-state index is 0.0237. The summed E-state index contributed by atoms with van der Waals surface area (Å²) >= 11 is 11.7. The van der Waals surface area contributed by atoms with E-state index in [2.05, 4.69) is 5.32 Å². The first-order valence-electron chi connectivity index (χ1n) is 5.89. The summed E-state index contributed by atoms with van der Waals surface area (Å²) in [6.07, 6.45) is 0.570. The van der Waals surface area contributed by atoms with Crippen molar-refractivity contribution in [1.82, 2.24) is 5.32 Å². The van der Waals surface area contributed by atoms with Crippen LogP contribution in [-0.2, 0) is 9.84 Å². The molecule has 1 aromatic carbocycles. The number of hydrogen-bond donors (Lipinski definition) is 1. The van der Waals surface area contributed by atoms with E-state index in [9.17, 15) is 12.8 Å². The van der Waals surface area contributed by atoms with E-state index in [-0.39, 0.29) is 28.6 Å². The van der Waals surface area contributed by atoms with E-state index in [1.807, 2.05) is 6.92 Å². The van der Waals surface area contributed by atoms with Gasteiger partial charge in [0.2, 0.25) is 0 Å². The molecule has 0 aliphatic carbocycles. The highest BCUT2D eigenvalue weighted by molar-refractivity contribution is 7.91. The van der Waals surface area contributed by atoms with E-state index in [4.69, 9.17) is 23.2 Å². The lowest BCUT2D eigenvalue weighted by molar-refractivity contribution is 0.482. The van der Waals surface area contributed by atoms with Gasteiger partial charge in [0.15, 0.2) is 9.84 Å². The Labute approximate surface area is 122 Å². The minimum Gasteiger partial charge on any atom is -0.306 e. The van der Waals surface area contributed by atoms with Gasteiger partial charge in [-0.15, -0.1) is 0 Å². The maximum atomic E-state index is 13.4. The Morgan fingerprint density at radius 1 is 1.37 bits per heavy atom. The number of nitrogens with one attached hydrogen (secondary N) is 1. The summed E-state index contributed by atoms with van der Waals surface area (Å²) in [7, 11) is -2.94. The number of benzene rings is 1. The maximum absolute atomic E-state index is 13.4. The second-order valence-electron chi connectivity index (χ2n) is 4.78. The van der Waals surface area contributed by atoms with Crippen molar-refractivity contribution in [2.24, 2.45) is 0 Å². The number of rotatable bonds is 3. The summed E-state index contributed by atoms with van der Waals surface area (Å²) in [6, 6.07) is 2.29. The molecule has 1 saturated heterocycles. The Hall–Kier alpha value is -0.360. The van der Waals surface area contributed by atoms with Crippen LogP contribution in [0.4, 0.5) is 4.39 Å². The average Bonchev–Trinajstić information content (AvgIpc) is 2.63. The Kier molecular flexibility index (Phi) is 4.40. The van der Waals surface area contributed by atoms with Crippen LogP contribution in [0.15, 0.2) is 12.1 Å². The third-order valence-corrected chi connectivity index (χ3v) is 5.61. The Bertz CT molecular complexity index is 592. The molecule has 1 aliphatic rings. The van der Waals surface area contributed by atoms with Crippen LogP contribution in [0.1, 0.15) is 24.9 Å². The first-order chi connectivity index (χ1) is 8.78. The SMILES string of the molecule is CC(NC1CCS(=O)(=O)C1)c1cc(F)c(Cl)cc1Cl. The zero-order chi connectivity index (χ0) is 14.2. The van der Waals surface area contributed by atoms with E-state index in [0.29, 0.717) is 17.0 Å². The largest absolute Gasteiger partial charge is 0.306 e. The number of sulfone groups is 1. The predicted octanol–water partition coefficient (Wildman–Crippen LogP) is 2.97. The molecule has 106 valence electrons. The van der Waals surface area contributed by atoms with E-state index in [1.54, 1.807) is 0 Å². The fraction of sp³-hybridized carbons (Fsp3) is 0.500. The van der Waals surface area contributed by atoms with Crippen molar-refractivity contribution in [3.63, 3.8) is 0 Å². The van der Waals surface area contributed by atoms with E-state index < -0.39 is 15.7 Å². The average molecular weight is 326 g/mol. The Balaban J connectivity index is 2.12. The molecule has 1 heterocycles. The fourth-order valence-corrected chi connectivity index (χ4v) is 4.47. The van der Waals surface area contributed by atoms with Gasteiger partial charge in [0.1, 0.15) is 5.82 Å². The lowest BCUT2D eigenvalue weighted by Gasteiger charge is -2.20. The molecule has 0 radical (unpaired) electrons. The second-order valence-corrected chi connectivity index (χ2v) is 7.82. The van der Waals surface area contributed by atoms with E-state index in [0.717, 1.165) is 0 Å². The molecule has 0 spiro atoms. The smallest absolute Gasteiger partial charge is 0.151 e. The van der Waals surface area contributed by atoms with Crippen LogP contribution < -0.4 is 5.32 Å². The molecular weight excluding hydrogens is 312 g/mol. The summed E-state index contributed by atoms with van der Waals surface area (Å²) < 4.78 is 36.2. The molecule has 2 atom stereocenters. The molecule has 19 heavy (non-hydrogen) atoms. The van der Waals surface area contributed by atoms with Gasteiger partial charge in [0, 0.05) is 17.1 Å². The van der Waals surface area contributed by atoms with Crippen molar-refractivity contribution in [1.29, 1.82) is 0 Å². The van der Waals surface area contributed by atoms with Gasteiger partial charge in [-0.25, -0.2) is 12.8 Å². The van der Waals surface area contributed by atoms with Gasteiger partial charge in [-0.3, -0.25) is 0 Å². The highest BCUT2D eigenvalue weighted by atomic mass is 35.5. The van der Waals surface area contributed by atoms with Gasteiger partial charge in [0.05, 0.1) is 16.5 Å². The third kappa shape index (κ3) is 3.60. The molecule has 1 N–H and O–H groups in total. The minimum atomic E-state index is -2.94. The summed E-state index contributed by atoms with van der Waals surface area (Å²) in [6.45, 7) is 1.82. The molecule has 2 rings (SSSR count). The number of halogens is 3. The Morgan fingerprint density at radius 3 is 2.63 bits per heavy atom. The van der Waals surface area contributed by atoms with Gasteiger partial charge in [0.25, 0.3) is 0 Å². The van der Waals surface area contributed by atoms with E-state index >= 15 is 0 Å². The van der Waals surface area contributed by atoms with Crippen molar-refractivity contribution in [2.45, 2.75) is 25.4 Å². The quantitative estimate of drug-likeness (QED) is 0.869. The zero-order valence-corrected chi connectivity index (χ0v) is 12.6.